The van der Waals surface area contributed by atoms with Crippen LogP contribution in [0.4, 0.5) is 17.1 Å². The van der Waals surface area contributed by atoms with Gasteiger partial charge in [0.1, 0.15) is 0 Å². The van der Waals surface area contributed by atoms with Gasteiger partial charge in [-0.1, -0.05) is 182 Å². The molecule has 0 bridgehead atoms. The Morgan fingerprint density at radius 1 is 0.300 bits per heavy atom. The second-order valence-corrected chi connectivity index (χ2v) is 16.6. The SMILES string of the molecule is c1ccc(-c2ccc(-c3ccc(N(c4ccccc4)c4cccc5c4-c4ccccc4[Si]5(c4ccccc4)c4ccccc4)cc3)cc2)cc1. The van der Waals surface area contributed by atoms with Gasteiger partial charge in [-0.15, -0.1) is 0 Å². The normalized spacial score (nSPS) is 12.6. The van der Waals surface area contributed by atoms with E-state index in [0.29, 0.717) is 0 Å². The third-order valence-corrected chi connectivity index (χ3v) is 15.0. The summed E-state index contributed by atoms with van der Waals surface area (Å²) in [5.74, 6) is 0. The third kappa shape index (κ3) is 4.92. The Morgan fingerprint density at radius 2 is 0.720 bits per heavy atom. The van der Waals surface area contributed by atoms with Crippen LogP contribution in [0, 0.1) is 0 Å². The molecule has 0 radical (unpaired) electrons. The van der Waals surface area contributed by atoms with Crippen LogP contribution in [0.3, 0.4) is 0 Å². The van der Waals surface area contributed by atoms with E-state index in [1.165, 1.54) is 59.8 Å². The maximum Gasteiger partial charge on any atom is 0.180 e. The van der Waals surface area contributed by atoms with Crippen molar-refractivity contribution >= 4 is 45.9 Å². The first-order chi connectivity index (χ1) is 24.8. The zero-order chi connectivity index (χ0) is 33.3. The molecule has 50 heavy (non-hydrogen) atoms. The number of hydrogen-bond donors (Lipinski definition) is 0. The molecule has 2 heteroatoms. The van der Waals surface area contributed by atoms with Crippen molar-refractivity contribution in [3.63, 3.8) is 0 Å². The van der Waals surface area contributed by atoms with Crippen molar-refractivity contribution in [2.45, 2.75) is 0 Å². The highest BCUT2D eigenvalue weighted by Crippen LogP contribution is 2.43. The van der Waals surface area contributed by atoms with Crippen LogP contribution in [0.25, 0.3) is 33.4 Å². The number of fused-ring (bicyclic) bond motifs is 3. The van der Waals surface area contributed by atoms with Gasteiger partial charge in [0.05, 0.1) is 5.69 Å². The predicted octanol–water partition coefficient (Wildman–Crippen LogP) is 9.85. The summed E-state index contributed by atoms with van der Waals surface area (Å²) in [5.41, 5.74) is 11.0. The van der Waals surface area contributed by atoms with Gasteiger partial charge in [0.2, 0.25) is 0 Å². The molecule has 0 saturated carbocycles. The fraction of sp³-hybridized carbons (Fsp3) is 0. The molecule has 0 amide bonds. The van der Waals surface area contributed by atoms with Gasteiger partial charge in [-0.05, 0) is 78.9 Å². The van der Waals surface area contributed by atoms with Crippen molar-refractivity contribution in [1.82, 2.24) is 0 Å². The largest absolute Gasteiger partial charge is 0.310 e. The minimum atomic E-state index is -2.61. The maximum absolute atomic E-state index is 2.61. The monoisotopic (exact) mass is 653 g/mol. The number of hydrogen-bond acceptors (Lipinski definition) is 1. The lowest BCUT2D eigenvalue weighted by molar-refractivity contribution is 1.29. The van der Waals surface area contributed by atoms with Crippen LogP contribution in [0.2, 0.25) is 0 Å². The summed E-state index contributed by atoms with van der Waals surface area (Å²) in [6.07, 6.45) is 0. The lowest BCUT2D eigenvalue weighted by Gasteiger charge is -2.32. The molecule has 236 valence electrons. The molecule has 0 spiro atoms. The summed E-state index contributed by atoms with van der Waals surface area (Å²) in [7, 11) is -2.61. The number of anilines is 3. The quantitative estimate of drug-likeness (QED) is 0.155. The van der Waals surface area contributed by atoms with Gasteiger partial charge in [0.15, 0.2) is 8.07 Å². The van der Waals surface area contributed by atoms with Crippen LogP contribution in [0.5, 0.6) is 0 Å². The van der Waals surface area contributed by atoms with E-state index >= 15 is 0 Å². The van der Waals surface area contributed by atoms with Gasteiger partial charge in [0.25, 0.3) is 0 Å². The van der Waals surface area contributed by atoms with Crippen LogP contribution in [0.1, 0.15) is 0 Å². The van der Waals surface area contributed by atoms with Crippen molar-refractivity contribution in [2.24, 2.45) is 0 Å². The summed E-state index contributed by atoms with van der Waals surface area (Å²) >= 11 is 0. The fourth-order valence-electron chi connectivity index (χ4n) is 7.95. The molecule has 1 heterocycles. The first-order valence-electron chi connectivity index (χ1n) is 17.3. The third-order valence-electron chi connectivity index (χ3n) is 10.2. The molecule has 0 unspecified atom stereocenters. The van der Waals surface area contributed by atoms with E-state index < -0.39 is 8.07 Å². The summed E-state index contributed by atoms with van der Waals surface area (Å²) in [6.45, 7) is 0. The molecule has 0 N–H and O–H groups in total. The zero-order valence-electron chi connectivity index (χ0n) is 27.7. The smallest absolute Gasteiger partial charge is 0.180 e. The van der Waals surface area contributed by atoms with E-state index in [1.54, 1.807) is 0 Å². The maximum atomic E-state index is 2.44. The minimum Gasteiger partial charge on any atom is -0.310 e. The lowest BCUT2D eigenvalue weighted by Crippen LogP contribution is -2.72. The van der Waals surface area contributed by atoms with Crippen LogP contribution in [-0.4, -0.2) is 8.07 Å². The van der Waals surface area contributed by atoms with Crippen molar-refractivity contribution in [2.75, 3.05) is 4.90 Å². The van der Waals surface area contributed by atoms with Crippen LogP contribution in [0.15, 0.2) is 212 Å². The highest BCUT2D eigenvalue weighted by Gasteiger charge is 2.49. The van der Waals surface area contributed by atoms with Crippen LogP contribution in [-0.2, 0) is 0 Å². The van der Waals surface area contributed by atoms with E-state index in [9.17, 15) is 0 Å². The van der Waals surface area contributed by atoms with Crippen LogP contribution >= 0.6 is 0 Å². The molecule has 0 atom stereocenters. The first-order valence-corrected chi connectivity index (χ1v) is 19.3. The molecule has 8 aromatic rings. The molecule has 8 aromatic carbocycles. The molecule has 1 aliphatic heterocycles. The van der Waals surface area contributed by atoms with E-state index in [1.807, 2.05) is 0 Å². The van der Waals surface area contributed by atoms with E-state index in [4.69, 9.17) is 0 Å². The Kier molecular flexibility index (Phi) is 7.57. The molecular weight excluding hydrogens is 619 g/mol. The first kappa shape index (κ1) is 29.9. The van der Waals surface area contributed by atoms with Crippen LogP contribution < -0.4 is 25.6 Å². The van der Waals surface area contributed by atoms with Crippen molar-refractivity contribution in [1.29, 1.82) is 0 Å². The molecular formula is C48H35NSi. The summed E-state index contributed by atoms with van der Waals surface area (Å²) in [4.78, 5) is 2.44. The summed E-state index contributed by atoms with van der Waals surface area (Å²) in [5, 5.41) is 5.69. The molecule has 0 aromatic heterocycles. The Balaban J connectivity index is 1.21. The van der Waals surface area contributed by atoms with E-state index in [-0.39, 0.29) is 0 Å². The average molecular weight is 654 g/mol. The van der Waals surface area contributed by atoms with Crippen molar-refractivity contribution < 1.29 is 0 Å². The van der Waals surface area contributed by atoms with Crippen molar-refractivity contribution in [3.05, 3.63) is 212 Å². The van der Waals surface area contributed by atoms with Gasteiger partial charge in [-0.3, -0.25) is 0 Å². The van der Waals surface area contributed by atoms with Gasteiger partial charge < -0.3 is 4.90 Å². The molecule has 0 aliphatic carbocycles. The van der Waals surface area contributed by atoms with Gasteiger partial charge >= 0.3 is 0 Å². The zero-order valence-corrected chi connectivity index (χ0v) is 28.7. The Morgan fingerprint density at radius 3 is 1.30 bits per heavy atom. The Labute approximate surface area is 295 Å². The highest BCUT2D eigenvalue weighted by atomic mass is 28.3. The topological polar surface area (TPSA) is 3.24 Å². The second kappa shape index (κ2) is 12.7. The molecule has 1 nitrogen and oxygen atoms in total. The second-order valence-electron chi connectivity index (χ2n) is 12.9. The fourth-order valence-corrected chi connectivity index (χ4v) is 13.1. The van der Waals surface area contributed by atoms with Gasteiger partial charge in [0, 0.05) is 16.9 Å². The number of para-hydroxylation sites is 1. The molecule has 1 aliphatic rings. The number of nitrogens with zero attached hydrogens (tertiary/aromatic N) is 1. The Bertz CT molecular complexity index is 2350. The highest BCUT2D eigenvalue weighted by molar-refractivity contribution is 7.22. The predicted molar refractivity (Wildman–Crippen MR) is 215 cm³/mol. The summed E-state index contributed by atoms with van der Waals surface area (Å²) in [6, 6.07) is 77.9. The van der Waals surface area contributed by atoms with E-state index in [2.05, 4.69) is 217 Å². The lowest BCUT2D eigenvalue weighted by atomic mass is 9.99. The van der Waals surface area contributed by atoms with Gasteiger partial charge in [-0.25, -0.2) is 0 Å². The molecule has 0 fully saturated rings. The molecule has 9 rings (SSSR count). The average Bonchev–Trinajstić information content (AvgIpc) is 3.51. The van der Waals surface area contributed by atoms with Gasteiger partial charge in [-0.2, -0.15) is 0 Å². The minimum absolute atomic E-state index is 1.13. The standard InChI is InChI=1S/C48H35NSi/c1-5-16-36(17-6-1)37-28-30-38(31-29-37)39-32-34-41(35-33-39)49(40-18-7-2-8-19-40)45-25-15-27-47-48(45)44-24-13-14-26-46(44)50(47,42-20-9-3-10-21-42)43-22-11-4-12-23-43/h1-35H. The van der Waals surface area contributed by atoms with E-state index in [0.717, 1.165) is 11.4 Å². The summed E-state index contributed by atoms with van der Waals surface area (Å²) < 4.78 is 0. The molecule has 0 saturated heterocycles. The van der Waals surface area contributed by atoms with Crippen molar-refractivity contribution in [3.8, 4) is 33.4 Å². The number of benzene rings is 8. The number of rotatable bonds is 7. The Hall–Kier alpha value is -6.22.